The number of benzene rings is 1. The molecule has 2 heterocycles. The van der Waals surface area contributed by atoms with Crippen molar-refractivity contribution in [3.8, 4) is 0 Å². The molecule has 3 amide bonds. The summed E-state index contributed by atoms with van der Waals surface area (Å²) in [5.41, 5.74) is 2.69. The minimum atomic E-state index is -0.105. The van der Waals surface area contributed by atoms with E-state index < -0.39 is 0 Å². The number of likely N-dealkylation sites (N-methyl/N-ethyl adjacent to an activating group) is 1. The molecule has 2 aliphatic rings. The second-order valence-corrected chi connectivity index (χ2v) is 7.11. The van der Waals surface area contributed by atoms with E-state index in [-0.39, 0.29) is 18.0 Å². The molecule has 0 spiro atoms. The molecule has 0 radical (unpaired) electrons. The third kappa shape index (κ3) is 4.36. The van der Waals surface area contributed by atoms with Crippen LogP contribution in [0.5, 0.6) is 0 Å². The second-order valence-electron chi connectivity index (χ2n) is 7.11. The highest BCUT2D eigenvalue weighted by atomic mass is 16.5. The predicted molar refractivity (Wildman–Crippen MR) is 103 cm³/mol. The summed E-state index contributed by atoms with van der Waals surface area (Å²) in [4.78, 5) is 28.2. The van der Waals surface area contributed by atoms with Gasteiger partial charge in [0.1, 0.15) is 0 Å². The number of nitrogens with zero attached hydrogens (tertiary/aromatic N) is 2. The van der Waals surface area contributed by atoms with E-state index >= 15 is 0 Å². The molecule has 0 bridgehead atoms. The van der Waals surface area contributed by atoms with E-state index in [1.54, 1.807) is 4.90 Å². The van der Waals surface area contributed by atoms with Crippen molar-refractivity contribution < 1.29 is 14.3 Å². The van der Waals surface area contributed by atoms with Crippen molar-refractivity contribution in [3.05, 3.63) is 23.8 Å². The van der Waals surface area contributed by atoms with Crippen molar-refractivity contribution in [3.63, 3.8) is 0 Å². The molecule has 0 unspecified atom stereocenters. The van der Waals surface area contributed by atoms with Crippen LogP contribution >= 0.6 is 0 Å². The summed E-state index contributed by atoms with van der Waals surface area (Å²) in [7, 11) is 0. The number of hydrogen-bond donors (Lipinski definition) is 1. The minimum Gasteiger partial charge on any atom is -0.376 e. The van der Waals surface area contributed by atoms with Gasteiger partial charge in [-0.15, -0.1) is 0 Å². The van der Waals surface area contributed by atoms with Gasteiger partial charge in [0.05, 0.1) is 6.10 Å². The first-order valence-electron chi connectivity index (χ1n) is 9.67. The van der Waals surface area contributed by atoms with Gasteiger partial charge < -0.3 is 19.9 Å². The van der Waals surface area contributed by atoms with Crippen LogP contribution in [0.25, 0.3) is 0 Å². The Kier molecular flexibility index (Phi) is 6.14. The fourth-order valence-corrected chi connectivity index (χ4v) is 3.69. The Hall–Kier alpha value is -2.08. The van der Waals surface area contributed by atoms with E-state index in [0.717, 1.165) is 49.4 Å². The van der Waals surface area contributed by atoms with Crippen molar-refractivity contribution in [1.82, 2.24) is 4.90 Å². The molecule has 0 aromatic heterocycles. The Morgan fingerprint density at radius 3 is 2.81 bits per heavy atom. The lowest BCUT2D eigenvalue weighted by Gasteiger charge is -2.29. The number of carbonyl (C=O) groups excluding carboxylic acids is 2. The maximum Gasteiger partial charge on any atom is 0.321 e. The third-order valence-corrected chi connectivity index (χ3v) is 5.18. The number of ether oxygens (including phenoxy) is 1. The zero-order valence-corrected chi connectivity index (χ0v) is 15.8. The van der Waals surface area contributed by atoms with Crippen molar-refractivity contribution in [1.29, 1.82) is 0 Å². The van der Waals surface area contributed by atoms with Crippen molar-refractivity contribution in [2.24, 2.45) is 0 Å². The maximum atomic E-state index is 12.6. The number of aryl methyl sites for hydroxylation is 1. The van der Waals surface area contributed by atoms with Crippen LogP contribution in [0.2, 0.25) is 0 Å². The van der Waals surface area contributed by atoms with Crippen molar-refractivity contribution in [2.45, 2.75) is 52.1 Å². The highest BCUT2D eigenvalue weighted by Gasteiger charge is 2.24. The molecular formula is C20H29N3O3. The maximum absolute atomic E-state index is 12.6. The van der Waals surface area contributed by atoms with Gasteiger partial charge in [0, 0.05) is 44.0 Å². The molecule has 1 N–H and O–H groups in total. The molecule has 1 aromatic rings. The molecule has 3 rings (SSSR count). The first-order chi connectivity index (χ1) is 12.6. The predicted octanol–water partition coefficient (Wildman–Crippen LogP) is 3.54. The summed E-state index contributed by atoms with van der Waals surface area (Å²) in [5, 5.41) is 2.98. The lowest BCUT2D eigenvalue weighted by atomic mass is 10.1. The quantitative estimate of drug-likeness (QED) is 0.875. The van der Waals surface area contributed by atoms with Gasteiger partial charge in [-0.25, -0.2) is 4.79 Å². The average Bonchev–Trinajstić information content (AvgIpc) is 3.06. The topological polar surface area (TPSA) is 61.9 Å². The van der Waals surface area contributed by atoms with E-state index in [9.17, 15) is 9.59 Å². The summed E-state index contributed by atoms with van der Waals surface area (Å²) in [6.07, 6.45) is 4.96. The van der Waals surface area contributed by atoms with E-state index in [2.05, 4.69) is 5.32 Å². The number of nitrogens with one attached hydrogen (secondary N) is 1. The Labute approximate surface area is 155 Å². The lowest BCUT2D eigenvalue weighted by Crippen LogP contribution is -2.41. The second kappa shape index (κ2) is 8.54. The van der Waals surface area contributed by atoms with Gasteiger partial charge in [-0.05, 0) is 63.3 Å². The zero-order valence-electron chi connectivity index (χ0n) is 15.8. The minimum absolute atomic E-state index is 0.105. The Morgan fingerprint density at radius 1 is 1.35 bits per heavy atom. The molecule has 2 fully saturated rings. The Balaban J connectivity index is 1.62. The summed E-state index contributed by atoms with van der Waals surface area (Å²) in [6, 6.07) is 5.63. The van der Waals surface area contributed by atoms with Crippen molar-refractivity contribution >= 4 is 23.3 Å². The normalized spacial score (nSPS) is 20.3. The number of urea groups is 1. The zero-order chi connectivity index (χ0) is 18.5. The number of amides is 3. The van der Waals surface area contributed by atoms with E-state index in [4.69, 9.17) is 4.74 Å². The van der Waals surface area contributed by atoms with Gasteiger partial charge in [0.2, 0.25) is 5.91 Å². The lowest BCUT2D eigenvalue weighted by molar-refractivity contribution is -0.117. The molecule has 26 heavy (non-hydrogen) atoms. The summed E-state index contributed by atoms with van der Waals surface area (Å²) in [5.74, 6) is 0.175. The highest BCUT2D eigenvalue weighted by molar-refractivity contribution is 5.96. The molecule has 2 aliphatic heterocycles. The molecule has 6 nitrogen and oxygen atoms in total. The first kappa shape index (κ1) is 18.7. The monoisotopic (exact) mass is 359 g/mol. The van der Waals surface area contributed by atoms with Gasteiger partial charge in [0.25, 0.3) is 0 Å². The van der Waals surface area contributed by atoms with Crippen LogP contribution in [0, 0.1) is 6.92 Å². The van der Waals surface area contributed by atoms with Crippen LogP contribution in [0.3, 0.4) is 0 Å². The smallest absolute Gasteiger partial charge is 0.321 e. The number of anilines is 2. The van der Waals surface area contributed by atoms with Gasteiger partial charge in [0.15, 0.2) is 0 Å². The van der Waals surface area contributed by atoms with Gasteiger partial charge in [-0.2, -0.15) is 0 Å². The molecular weight excluding hydrogens is 330 g/mol. The highest BCUT2D eigenvalue weighted by Crippen LogP contribution is 2.27. The van der Waals surface area contributed by atoms with Crippen LogP contribution < -0.4 is 10.2 Å². The van der Waals surface area contributed by atoms with Gasteiger partial charge in [-0.1, -0.05) is 0 Å². The average molecular weight is 359 g/mol. The third-order valence-electron chi connectivity index (χ3n) is 5.18. The standard InChI is InChI=1S/C20H29N3O3/c1-3-22(14-17-7-4-5-12-26-17)20(25)21-16-9-10-18(15(2)13-16)23-11-6-8-19(23)24/h9-10,13,17H,3-8,11-12,14H2,1-2H3,(H,21,25)/t17-/m1/s1. The number of carbonyl (C=O) groups is 2. The van der Waals surface area contributed by atoms with Crippen molar-refractivity contribution in [2.75, 3.05) is 36.5 Å². The van der Waals surface area contributed by atoms with Crippen LogP contribution in [-0.2, 0) is 9.53 Å². The van der Waals surface area contributed by atoms with Gasteiger partial charge in [-0.3, -0.25) is 4.79 Å². The first-order valence-corrected chi connectivity index (χ1v) is 9.67. The van der Waals surface area contributed by atoms with E-state index in [1.165, 1.54) is 6.42 Å². The SMILES string of the molecule is CCN(C[C@H]1CCCCO1)C(=O)Nc1ccc(N2CCCC2=O)c(C)c1. The molecule has 0 aliphatic carbocycles. The Bertz CT molecular complexity index is 656. The Morgan fingerprint density at radius 2 is 2.19 bits per heavy atom. The van der Waals surface area contributed by atoms with Crippen LogP contribution in [0.1, 0.15) is 44.6 Å². The molecule has 1 atom stereocenters. The van der Waals surface area contributed by atoms with Crippen LogP contribution in [0.4, 0.5) is 16.2 Å². The summed E-state index contributed by atoms with van der Waals surface area (Å²) >= 11 is 0. The summed E-state index contributed by atoms with van der Waals surface area (Å²) < 4.78 is 5.75. The van der Waals surface area contributed by atoms with Crippen LogP contribution in [0.15, 0.2) is 18.2 Å². The summed E-state index contributed by atoms with van der Waals surface area (Å²) in [6.45, 7) is 6.79. The fraction of sp³-hybridized carbons (Fsp3) is 0.600. The number of rotatable bonds is 5. The van der Waals surface area contributed by atoms with E-state index in [0.29, 0.717) is 19.5 Å². The molecule has 2 saturated heterocycles. The number of hydrogen-bond acceptors (Lipinski definition) is 3. The van der Waals surface area contributed by atoms with Gasteiger partial charge >= 0.3 is 6.03 Å². The fourth-order valence-electron chi connectivity index (χ4n) is 3.69. The van der Waals surface area contributed by atoms with Crippen LogP contribution in [-0.4, -0.2) is 49.2 Å². The largest absolute Gasteiger partial charge is 0.376 e. The molecule has 6 heteroatoms. The molecule has 1 aromatic carbocycles. The molecule has 142 valence electrons. The van der Waals surface area contributed by atoms with E-state index in [1.807, 2.05) is 36.9 Å². The molecule has 0 saturated carbocycles.